The van der Waals surface area contributed by atoms with E-state index in [1.807, 2.05) is 7.05 Å². The number of ketones is 1. The van der Waals surface area contributed by atoms with Gasteiger partial charge in [-0.3, -0.25) is 9.59 Å². The summed E-state index contributed by atoms with van der Waals surface area (Å²) in [6.45, 7) is 6.22. The van der Waals surface area contributed by atoms with Crippen LogP contribution >= 0.6 is 0 Å². The summed E-state index contributed by atoms with van der Waals surface area (Å²) in [4.78, 5) is 39.9. The maximum Gasteiger partial charge on any atom is 0.414 e. The monoisotopic (exact) mass is 391 g/mol. The molecule has 0 bridgehead atoms. The van der Waals surface area contributed by atoms with Crippen LogP contribution in [0.2, 0.25) is 0 Å². The van der Waals surface area contributed by atoms with Crippen LogP contribution in [-0.2, 0) is 16.0 Å². The third-order valence-electron chi connectivity index (χ3n) is 4.50. The van der Waals surface area contributed by atoms with Crippen LogP contribution in [0.3, 0.4) is 0 Å². The van der Waals surface area contributed by atoms with Crippen molar-refractivity contribution in [3.8, 4) is 5.75 Å². The molecule has 1 rings (SSSR count). The summed E-state index contributed by atoms with van der Waals surface area (Å²) in [5.41, 5.74) is 0.901. The van der Waals surface area contributed by atoms with Crippen LogP contribution in [0.15, 0.2) is 24.3 Å². The Morgan fingerprint density at radius 3 is 1.86 bits per heavy atom. The van der Waals surface area contributed by atoms with Crippen molar-refractivity contribution >= 4 is 17.8 Å². The molecule has 0 saturated carbocycles. The molecule has 156 valence electrons. The number of amides is 2. The van der Waals surface area contributed by atoms with Gasteiger partial charge in [0.2, 0.25) is 5.91 Å². The van der Waals surface area contributed by atoms with E-state index in [1.165, 1.54) is 0 Å². The Morgan fingerprint density at radius 2 is 1.36 bits per heavy atom. The molecule has 1 aromatic rings. The molecule has 7 heteroatoms. The van der Waals surface area contributed by atoms with E-state index in [1.54, 1.807) is 62.0 Å². The van der Waals surface area contributed by atoms with E-state index in [4.69, 9.17) is 4.74 Å². The van der Waals surface area contributed by atoms with Gasteiger partial charge < -0.3 is 19.4 Å². The minimum absolute atomic E-state index is 0.0799. The largest absolute Gasteiger partial charge is 0.414 e. The van der Waals surface area contributed by atoms with Crippen molar-refractivity contribution in [1.29, 1.82) is 0 Å². The molecule has 0 spiro atoms. The van der Waals surface area contributed by atoms with Crippen LogP contribution in [0.5, 0.6) is 5.75 Å². The Kier molecular flexibility index (Phi) is 10.2. The highest BCUT2D eigenvalue weighted by Gasteiger charge is 2.12. The molecule has 0 N–H and O–H groups in total. The van der Waals surface area contributed by atoms with Crippen molar-refractivity contribution in [3.05, 3.63) is 29.8 Å². The van der Waals surface area contributed by atoms with E-state index >= 15 is 0 Å². The Bertz CT molecular complexity index is 646. The zero-order valence-electron chi connectivity index (χ0n) is 17.7. The maximum absolute atomic E-state index is 12.2. The van der Waals surface area contributed by atoms with E-state index in [-0.39, 0.29) is 11.7 Å². The average molecular weight is 392 g/mol. The van der Waals surface area contributed by atoms with E-state index < -0.39 is 6.09 Å². The molecule has 0 unspecified atom stereocenters. The average Bonchev–Trinajstić information content (AvgIpc) is 2.62. The second-order valence-corrected chi connectivity index (χ2v) is 7.26. The van der Waals surface area contributed by atoms with Gasteiger partial charge in [-0.05, 0) is 57.6 Å². The third-order valence-corrected chi connectivity index (χ3v) is 4.50. The van der Waals surface area contributed by atoms with Gasteiger partial charge in [0.15, 0.2) is 0 Å². The van der Waals surface area contributed by atoms with Gasteiger partial charge in [0.25, 0.3) is 0 Å². The quantitative estimate of drug-likeness (QED) is 0.579. The maximum atomic E-state index is 12.2. The van der Waals surface area contributed by atoms with Crippen LogP contribution in [0, 0.1) is 0 Å². The lowest BCUT2D eigenvalue weighted by Crippen LogP contribution is -2.33. The first kappa shape index (κ1) is 23.6. The summed E-state index contributed by atoms with van der Waals surface area (Å²) < 4.78 is 5.36. The number of hydrogen-bond acceptors (Lipinski definition) is 5. The predicted octanol–water partition coefficient (Wildman–Crippen LogP) is 2.44. The molecular formula is C21H33N3O4. The van der Waals surface area contributed by atoms with Crippen molar-refractivity contribution in [2.24, 2.45) is 0 Å². The fourth-order valence-electron chi connectivity index (χ4n) is 2.66. The Morgan fingerprint density at radius 1 is 0.821 bits per heavy atom. The van der Waals surface area contributed by atoms with E-state index in [0.717, 1.165) is 38.0 Å². The van der Waals surface area contributed by atoms with Crippen LogP contribution in [0.4, 0.5) is 4.79 Å². The number of carbonyl (C=O) groups excluding carboxylic acids is 3. The highest BCUT2D eigenvalue weighted by atomic mass is 16.6. The smallest absolute Gasteiger partial charge is 0.410 e. The summed E-state index contributed by atoms with van der Waals surface area (Å²) in [6.07, 6.45) is 1.74. The number of rotatable bonds is 11. The number of Topliss-reactive ketones (excluding diaryl/α,β-unsaturated/α-hetero) is 1. The molecule has 28 heavy (non-hydrogen) atoms. The third kappa shape index (κ3) is 9.50. The lowest BCUT2D eigenvalue weighted by Gasteiger charge is -2.21. The summed E-state index contributed by atoms with van der Waals surface area (Å²) in [7, 11) is 5.56. The lowest BCUT2D eigenvalue weighted by atomic mass is 10.1. The van der Waals surface area contributed by atoms with E-state index in [9.17, 15) is 14.4 Å². The summed E-state index contributed by atoms with van der Waals surface area (Å²) in [5.74, 6) is 0.646. The van der Waals surface area contributed by atoms with Gasteiger partial charge in [-0.25, -0.2) is 4.79 Å². The first-order valence-electron chi connectivity index (χ1n) is 9.60. The zero-order chi connectivity index (χ0) is 21.1. The summed E-state index contributed by atoms with van der Waals surface area (Å²) in [5, 5.41) is 0. The standard InChI is InChI=1S/C21H33N3O4/c1-17(25)16-19-8-10-20(11-9-19)28-21(27)24(5)15-7-13-22(3)12-6-14-23(4)18(2)26/h8-11H,6-7,12-16H2,1-5H3. The van der Waals surface area contributed by atoms with Crippen LogP contribution in [0.25, 0.3) is 0 Å². The molecule has 7 nitrogen and oxygen atoms in total. The Labute approximate surface area is 168 Å². The Balaban J connectivity index is 2.27. The number of benzene rings is 1. The number of carbonyl (C=O) groups is 3. The van der Waals surface area contributed by atoms with Crippen LogP contribution < -0.4 is 4.74 Å². The SMILES string of the molecule is CC(=O)Cc1ccc(OC(=O)N(C)CCCN(C)CCCN(C)C(C)=O)cc1. The summed E-state index contributed by atoms with van der Waals surface area (Å²) in [6, 6.07) is 7.00. The van der Waals surface area contributed by atoms with Gasteiger partial charge in [-0.2, -0.15) is 0 Å². The van der Waals surface area contributed by atoms with Crippen molar-refractivity contribution in [3.63, 3.8) is 0 Å². The van der Waals surface area contributed by atoms with Gasteiger partial charge in [0, 0.05) is 40.5 Å². The molecule has 0 aromatic heterocycles. The second kappa shape index (κ2) is 12.1. The topological polar surface area (TPSA) is 70.2 Å². The summed E-state index contributed by atoms with van der Waals surface area (Å²) >= 11 is 0. The van der Waals surface area contributed by atoms with Gasteiger partial charge in [0.05, 0.1) is 0 Å². The number of nitrogens with zero attached hydrogens (tertiary/aromatic N) is 3. The fourth-order valence-corrected chi connectivity index (χ4v) is 2.66. The number of ether oxygens (including phenoxy) is 1. The molecule has 0 radical (unpaired) electrons. The molecule has 0 heterocycles. The Hall–Kier alpha value is -2.41. The minimum Gasteiger partial charge on any atom is -0.410 e. The molecule has 0 saturated heterocycles. The first-order valence-corrected chi connectivity index (χ1v) is 9.60. The highest BCUT2D eigenvalue weighted by molar-refractivity contribution is 5.78. The van der Waals surface area contributed by atoms with Crippen LogP contribution in [-0.4, -0.2) is 79.8 Å². The van der Waals surface area contributed by atoms with Crippen molar-refractivity contribution in [2.45, 2.75) is 33.1 Å². The van der Waals surface area contributed by atoms with E-state index in [0.29, 0.717) is 18.7 Å². The first-order chi connectivity index (χ1) is 13.2. The predicted molar refractivity (Wildman–Crippen MR) is 110 cm³/mol. The van der Waals surface area contributed by atoms with Gasteiger partial charge in [0.1, 0.15) is 11.5 Å². The van der Waals surface area contributed by atoms with Crippen molar-refractivity contribution in [1.82, 2.24) is 14.7 Å². The van der Waals surface area contributed by atoms with Crippen LogP contribution in [0.1, 0.15) is 32.3 Å². The molecule has 2 amide bonds. The molecule has 0 aliphatic heterocycles. The zero-order valence-corrected chi connectivity index (χ0v) is 17.7. The normalized spacial score (nSPS) is 10.6. The fraction of sp³-hybridized carbons (Fsp3) is 0.571. The molecule has 0 atom stereocenters. The van der Waals surface area contributed by atoms with E-state index in [2.05, 4.69) is 4.90 Å². The molecule has 0 aliphatic carbocycles. The molecule has 0 aliphatic rings. The van der Waals surface area contributed by atoms with Gasteiger partial charge >= 0.3 is 6.09 Å². The van der Waals surface area contributed by atoms with Crippen molar-refractivity contribution in [2.75, 3.05) is 47.3 Å². The second-order valence-electron chi connectivity index (χ2n) is 7.26. The highest BCUT2D eigenvalue weighted by Crippen LogP contribution is 2.14. The van der Waals surface area contributed by atoms with Crippen molar-refractivity contribution < 1.29 is 19.1 Å². The minimum atomic E-state index is -0.398. The molecule has 0 fully saturated rings. The molecular weight excluding hydrogens is 358 g/mol. The molecule has 1 aromatic carbocycles. The number of hydrogen-bond donors (Lipinski definition) is 0. The lowest BCUT2D eigenvalue weighted by molar-refractivity contribution is -0.127. The van der Waals surface area contributed by atoms with Gasteiger partial charge in [-0.1, -0.05) is 12.1 Å². The van der Waals surface area contributed by atoms with Gasteiger partial charge in [-0.15, -0.1) is 0 Å².